The van der Waals surface area contributed by atoms with Crippen molar-refractivity contribution in [2.75, 3.05) is 6.54 Å². The van der Waals surface area contributed by atoms with Gasteiger partial charge in [0.05, 0.1) is 12.6 Å². The van der Waals surface area contributed by atoms with E-state index in [1.165, 1.54) is 12.1 Å². The van der Waals surface area contributed by atoms with E-state index in [4.69, 9.17) is 5.73 Å². The summed E-state index contributed by atoms with van der Waals surface area (Å²) in [6, 6.07) is 12.2. The topological polar surface area (TPSA) is 171 Å². The van der Waals surface area contributed by atoms with Crippen LogP contribution in [0, 0.1) is 5.92 Å². The van der Waals surface area contributed by atoms with E-state index in [1.807, 2.05) is 44.2 Å². The van der Waals surface area contributed by atoms with Crippen molar-refractivity contribution in [2.24, 2.45) is 11.7 Å². The lowest BCUT2D eigenvalue weighted by Gasteiger charge is -2.23. The molecular weight excluding hydrogens is 464 g/mol. The highest BCUT2D eigenvalue weighted by Gasteiger charge is 2.27. The molecule has 3 unspecified atom stereocenters. The van der Waals surface area contributed by atoms with Crippen molar-refractivity contribution in [3.63, 3.8) is 0 Å². The van der Waals surface area contributed by atoms with Crippen LogP contribution in [0.1, 0.15) is 31.4 Å². The fraction of sp³-hybridized carbons (Fsp3) is 0.385. The molecule has 2 rings (SSSR count). The maximum atomic E-state index is 13.0. The molecule has 0 spiro atoms. The Morgan fingerprint density at radius 3 is 2.03 bits per heavy atom. The molecule has 10 nitrogen and oxygen atoms in total. The molecule has 0 aliphatic carbocycles. The fourth-order valence-corrected chi connectivity index (χ4v) is 3.55. The lowest BCUT2D eigenvalue weighted by Crippen LogP contribution is -2.54. The van der Waals surface area contributed by atoms with Gasteiger partial charge in [-0.3, -0.25) is 14.4 Å². The number of hydrogen-bond acceptors (Lipinski definition) is 6. The lowest BCUT2D eigenvalue weighted by atomic mass is 10.0. The van der Waals surface area contributed by atoms with E-state index < -0.39 is 48.4 Å². The molecule has 3 atom stereocenters. The summed E-state index contributed by atoms with van der Waals surface area (Å²) in [5, 5.41) is 26.5. The Morgan fingerprint density at radius 2 is 1.44 bits per heavy atom. The summed E-state index contributed by atoms with van der Waals surface area (Å²) in [5.74, 6) is -2.93. The number of amides is 3. The second kappa shape index (κ2) is 13.8. The van der Waals surface area contributed by atoms with E-state index >= 15 is 0 Å². The minimum atomic E-state index is -1.17. The molecule has 2 aromatic carbocycles. The smallest absolute Gasteiger partial charge is 0.326 e. The van der Waals surface area contributed by atoms with Gasteiger partial charge in [0.15, 0.2) is 0 Å². The first-order valence-electron chi connectivity index (χ1n) is 11.7. The highest BCUT2D eigenvalue weighted by Crippen LogP contribution is 2.12. The third kappa shape index (κ3) is 9.75. The van der Waals surface area contributed by atoms with E-state index in [-0.39, 0.29) is 24.5 Å². The second-order valence-corrected chi connectivity index (χ2v) is 9.03. The van der Waals surface area contributed by atoms with E-state index in [0.717, 1.165) is 5.56 Å². The van der Waals surface area contributed by atoms with Crippen molar-refractivity contribution in [3.05, 3.63) is 65.7 Å². The molecule has 0 radical (unpaired) electrons. The molecule has 10 heteroatoms. The molecular formula is C26H34N4O6. The molecule has 0 saturated carbocycles. The van der Waals surface area contributed by atoms with Crippen LogP contribution in [0.3, 0.4) is 0 Å². The van der Waals surface area contributed by atoms with Gasteiger partial charge in [0.25, 0.3) is 0 Å². The number of phenolic OH excluding ortho intramolecular Hbond substituents is 1. The van der Waals surface area contributed by atoms with Crippen LogP contribution in [-0.4, -0.2) is 58.6 Å². The minimum Gasteiger partial charge on any atom is -0.508 e. The van der Waals surface area contributed by atoms with E-state index in [0.29, 0.717) is 12.0 Å². The number of carbonyl (C=O) groups is 4. The molecule has 0 bridgehead atoms. The number of carboxylic acids is 1. The first kappa shape index (κ1) is 28.3. The Labute approximate surface area is 210 Å². The van der Waals surface area contributed by atoms with Crippen molar-refractivity contribution in [2.45, 2.75) is 51.2 Å². The number of aromatic hydroxyl groups is 1. The van der Waals surface area contributed by atoms with Gasteiger partial charge in [0, 0.05) is 6.42 Å². The maximum Gasteiger partial charge on any atom is 0.326 e. The van der Waals surface area contributed by atoms with Gasteiger partial charge >= 0.3 is 5.97 Å². The van der Waals surface area contributed by atoms with Crippen molar-refractivity contribution >= 4 is 23.7 Å². The number of benzene rings is 2. The molecule has 0 heterocycles. The van der Waals surface area contributed by atoms with Crippen molar-refractivity contribution < 1.29 is 29.4 Å². The summed E-state index contributed by atoms with van der Waals surface area (Å²) in [4.78, 5) is 49.5. The summed E-state index contributed by atoms with van der Waals surface area (Å²) in [6.07, 6.45) is 0.566. The van der Waals surface area contributed by atoms with Gasteiger partial charge in [-0.05, 0) is 42.0 Å². The van der Waals surface area contributed by atoms with Crippen LogP contribution >= 0.6 is 0 Å². The first-order valence-corrected chi connectivity index (χ1v) is 11.7. The SMILES string of the molecule is CC(C)CC(NC(=O)C(Cc1ccc(O)cc1)NC(=O)CNC(=O)C(N)Cc1ccccc1)C(=O)O. The van der Waals surface area contributed by atoms with Gasteiger partial charge in [0.2, 0.25) is 17.7 Å². The van der Waals surface area contributed by atoms with Crippen LogP contribution in [0.15, 0.2) is 54.6 Å². The Kier molecular flexibility index (Phi) is 10.9. The van der Waals surface area contributed by atoms with Crippen LogP contribution in [0.25, 0.3) is 0 Å². The zero-order valence-electron chi connectivity index (χ0n) is 20.4. The molecule has 36 heavy (non-hydrogen) atoms. The van der Waals surface area contributed by atoms with Crippen molar-refractivity contribution in [1.82, 2.24) is 16.0 Å². The summed E-state index contributed by atoms with van der Waals surface area (Å²) < 4.78 is 0. The standard InChI is InChI=1S/C26H34N4O6/c1-16(2)12-22(26(35)36)30-25(34)21(14-18-8-10-19(31)11-9-18)29-23(32)15-28-24(33)20(27)13-17-6-4-3-5-7-17/h3-11,16,20-22,31H,12-15,27H2,1-2H3,(H,28,33)(H,29,32)(H,30,34)(H,35,36). The van der Waals surface area contributed by atoms with Crippen molar-refractivity contribution in [3.8, 4) is 5.75 Å². The zero-order valence-corrected chi connectivity index (χ0v) is 20.4. The number of nitrogens with two attached hydrogens (primary N) is 1. The van der Waals surface area contributed by atoms with Gasteiger partial charge in [-0.2, -0.15) is 0 Å². The molecule has 0 aromatic heterocycles. The average molecular weight is 499 g/mol. The molecule has 7 N–H and O–H groups in total. The van der Waals surface area contributed by atoms with Crippen LogP contribution in [0.4, 0.5) is 0 Å². The second-order valence-electron chi connectivity index (χ2n) is 9.03. The summed E-state index contributed by atoms with van der Waals surface area (Å²) in [5.41, 5.74) is 7.45. The average Bonchev–Trinajstić information content (AvgIpc) is 2.83. The molecule has 0 saturated heterocycles. The Balaban J connectivity index is 2.02. The van der Waals surface area contributed by atoms with Gasteiger partial charge in [0.1, 0.15) is 17.8 Å². The number of rotatable bonds is 13. The molecule has 0 fully saturated rings. The number of aliphatic carboxylic acids is 1. The Bertz CT molecular complexity index is 1030. The van der Waals surface area contributed by atoms with E-state index in [1.54, 1.807) is 12.1 Å². The largest absolute Gasteiger partial charge is 0.508 e. The quantitative estimate of drug-likeness (QED) is 0.236. The molecule has 0 aliphatic heterocycles. The number of nitrogens with one attached hydrogen (secondary N) is 3. The van der Waals surface area contributed by atoms with Gasteiger partial charge in [-0.15, -0.1) is 0 Å². The first-order chi connectivity index (χ1) is 17.0. The molecule has 3 amide bonds. The Morgan fingerprint density at radius 1 is 0.833 bits per heavy atom. The zero-order chi connectivity index (χ0) is 26.7. The Hall–Kier alpha value is -3.92. The third-order valence-electron chi connectivity index (χ3n) is 5.41. The summed E-state index contributed by atoms with van der Waals surface area (Å²) >= 11 is 0. The normalized spacial score (nSPS) is 13.3. The lowest BCUT2D eigenvalue weighted by molar-refractivity contribution is -0.142. The van der Waals surface area contributed by atoms with Crippen LogP contribution < -0.4 is 21.7 Å². The summed E-state index contributed by atoms with van der Waals surface area (Å²) in [7, 11) is 0. The monoisotopic (exact) mass is 498 g/mol. The van der Waals surface area contributed by atoms with Crippen LogP contribution in [0.2, 0.25) is 0 Å². The van der Waals surface area contributed by atoms with Gasteiger partial charge in [-0.25, -0.2) is 4.79 Å². The van der Waals surface area contributed by atoms with Crippen molar-refractivity contribution in [1.29, 1.82) is 0 Å². The number of phenols is 1. The maximum absolute atomic E-state index is 13.0. The van der Waals surface area contributed by atoms with Gasteiger partial charge < -0.3 is 31.9 Å². The highest BCUT2D eigenvalue weighted by molar-refractivity contribution is 5.92. The molecule has 2 aromatic rings. The van der Waals surface area contributed by atoms with E-state index in [2.05, 4.69) is 16.0 Å². The summed E-state index contributed by atoms with van der Waals surface area (Å²) in [6.45, 7) is 3.26. The third-order valence-corrected chi connectivity index (χ3v) is 5.41. The number of hydrogen-bond donors (Lipinski definition) is 6. The molecule has 0 aliphatic rings. The minimum absolute atomic E-state index is 0.0202. The van der Waals surface area contributed by atoms with Crippen LogP contribution in [-0.2, 0) is 32.0 Å². The van der Waals surface area contributed by atoms with E-state index in [9.17, 15) is 29.4 Å². The number of carboxylic acid groups (broad SMARTS) is 1. The molecule has 194 valence electrons. The predicted octanol–water partition coefficient (Wildman–Crippen LogP) is 0.721. The highest BCUT2D eigenvalue weighted by atomic mass is 16.4. The van der Waals surface area contributed by atoms with Crippen LogP contribution in [0.5, 0.6) is 5.75 Å². The predicted molar refractivity (Wildman–Crippen MR) is 134 cm³/mol. The van der Waals surface area contributed by atoms with Gasteiger partial charge in [-0.1, -0.05) is 56.3 Å². The fourth-order valence-electron chi connectivity index (χ4n) is 3.55. The number of carbonyl (C=O) groups excluding carboxylic acids is 3.